The van der Waals surface area contributed by atoms with Gasteiger partial charge in [-0.25, -0.2) is 0 Å². The van der Waals surface area contributed by atoms with E-state index in [2.05, 4.69) is 17.5 Å². The molecule has 0 aromatic heterocycles. The monoisotopic (exact) mass is 154 g/mol. The van der Waals surface area contributed by atoms with Crippen LogP contribution in [0.15, 0.2) is 12.2 Å². The van der Waals surface area contributed by atoms with Crippen molar-refractivity contribution in [2.45, 2.75) is 13.1 Å². The summed E-state index contributed by atoms with van der Waals surface area (Å²) in [5.74, 6) is 0.203. The molecule has 0 saturated heterocycles. The first-order chi connectivity index (χ1) is 5.20. The van der Waals surface area contributed by atoms with Crippen molar-refractivity contribution in [1.29, 1.82) is 0 Å². The fourth-order valence-corrected chi connectivity index (χ4v) is 1.21. The van der Waals surface area contributed by atoms with Crippen LogP contribution in [0.4, 0.5) is 0 Å². The van der Waals surface area contributed by atoms with Gasteiger partial charge in [0.05, 0.1) is 12.7 Å². The summed E-state index contributed by atoms with van der Waals surface area (Å²) in [5, 5.41) is 3.22. The van der Waals surface area contributed by atoms with Gasteiger partial charge < -0.3 is 0 Å². The van der Waals surface area contributed by atoms with E-state index in [9.17, 15) is 4.79 Å². The van der Waals surface area contributed by atoms with Crippen LogP contribution in [0.3, 0.4) is 0 Å². The maximum atomic E-state index is 10.7. The van der Waals surface area contributed by atoms with Gasteiger partial charge in [-0.3, -0.25) is 15.0 Å². The normalized spacial score (nSPS) is 23.0. The molecule has 0 bridgehead atoms. The average Bonchev–Trinajstić information content (AvgIpc) is 2.35. The third-order valence-corrected chi connectivity index (χ3v) is 1.71. The van der Waals surface area contributed by atoms with Gasteiger partial charge in [0.25, 0.3) is 0 Å². The third-order valence-electron chi connectivity index (χ3n) is 1.71. The number of hydrogen-bond acceptors (Lipinski definition) is 3. The quantitative estimate of drug-likeness (QED) is 0.580. The zero-order valence-corrected chi connectivity index (χ0v) is 7.00. The summed E-state index contributed by atoms with van der Waals surface area (Å²) < 4.78 is 0. The minimum atomic E-state index is 0.203. The summed E-state index contributed by atoms with van der Waals surface area (Å²) in [6.07, 6.45) is 4.39. The number of hydrogen-bond donors (Lipinski definition) is 1. The van der Waals surface area contributed by atoms with Gasteiger partial charge in [-0.15, -0.1) is 0 Å². The Labute approximate surface area is 67.1 Å². The van der Waals surface area contributed by atoms with Crippen LogP contribution in [-0.4, -0.2) is 37.0 Å². The average molecular weight is 154 g/mol. The van der Waals surface area contributed by atoms with E-state index in [-0.39, 0.29) is 11.9 Å². The zero-order valence-electron chi connectivity index (χ0n) is 7.00. The van der Waals surface area contributed by atoms with Crippen LogP contribution < -0.4 is 5.32 Å². The highest BCUT2D eigenvalue weighted by Gasteiger charge is 2.14. The Kier molecular flexibility index (Phi) is 2.79. The molecule has 1 aliphatic rings. The van der Waals surface area contributed by atoms with Crippen molar-refractivity contribution in [2.24, 2.45) is 0 Å². The van der Waals surface area contributed by atoms with Crippen molar-refractivity contribution in [1.82, 2.24) is 10.2 Å². The van der Waals surface area contributed by atoms with Gasteiger partial charge in [-0.1, -0.05) is 12.2 Å². The molecule has 0 amide bonds. The molecule has 0 aromatic carbocycles. The molecule has 1 rings (SSSR count). The van der Waals surface area contributed by atoms with E-state index in [1.54, 1.807) is 6.92 Å². The van der Waals surface area contributed by atoms with Crippen LogP contribution >= 0.6 is 0 Å². The van der Waals surface area contributed by atoms with E-state index < -0.39 is 0 Å². The van der Waals surface area contributed by atoms with Crippen molar-refractivity contribution in [3.8, 4) is 0 Å². The number of carbonyl (C=O) groups is 1. The number of likely N-dealkylation sites (N-methyl/N-ethyl adjacent to an activating group) is 1. The Hall–Kier alpha value is -0.670. The lowest BCUT2D eigenvalue weighted by atomic mass is 10.3. The molecule has 1 atom stereocenters. The van der Waals surface area contributed by atoms with Crippen molar-refractivity contribution in [2.75, 3.05) is 20.1 Å². The minimum Gasteiger partial charge on any atom is -0.299 e. The molecule has 1 unspecified atom stereocenters. The Morgan fingerprint density at radius 2 is 2.55 bits per heavy atom. The molecule has 0 saturated carbocycles. The summed E-state index contributed by atoms with van der Waals surface area (Å²) in [7, 11) is 1.94. The van der Waals surface area contributed by atoms with E-state index in [1.807, 2.05) is 11.9 Å². The lowest BCUT2D eigenvalue weighted by Crippen LogP contribution is -2.41. The second kappa shape index (κ2) is 3.64. The molecular formula is C8H14N2O. The Balaban J connectivity index is 2.34. The maximum Gasteiger partial charge on any atom is 0.143 e. The number of Topliss-reactive ketones (excluding diaryl/α,β-unsaturated/α-hetero) is 1. The van der Waals surface area contributed by atoms with E-state index in [4.69, 9.17) is 0 Å². The largest absolute Gasteiger partial charge is 0.299 e. The number of carbonyl (C=O) groups excluding carboxylic acids is 1. The van der Waals surface area contributed by atoms with E-state index in [1.165, 1.54) is 0 Å². The highest BCUT2D eigenvalue weighted by atomic mass is 16.1. The van der Waals surface area contributed by atoms with Gasteiger partial charge in [0.1, 0.15) is 5.78 Å². The SMILES string of the molecule is CC(=O)CN(C)C1C=CCN1. The first-order valence-corrected chi connectivity index (χ1v) is 3.80. The standard InChI is InChI=1S/C8H14N2O/c1-7(11)6-10(2)8-4-3-5-9-8/h3-4,8-9H,5-6H2,1-2H3. The number of ketones is 1. The van der Waals surface area contributed by atoms with Crippen LogP contribution in [0.1, 0.15) is 6.92 Å². The maximum absolute atomic E-state index is 10.7. The number of nitrogens with zero attached hydrogens (tertiary/aromatic N) is 1. The second-order valence-electron chi connectivity index (χ2n) is 2.90. The predicted octanol–water partition coefficient (Wildman–Crippen LogP) is -0.00730. The van der Waals surface area contributed by atoms with Crippen molar-refractivity contribution >= 4 is 5.78 Å². The topological polar surface area (TPSA) is 32.3 Å². The third kappa shape index (κ3) is 2.44. The predicted molar refractivity (Wildman–Crippen MR) is 44.2 cm³/mol. The molecule has 11 heavy (non-hydrogen) atoms. The molecule has 1 aliphatic heterocycles. The van der Waals surface area contributed by atoms with Crippen LogP contribution in [-0.2, 0) is 4.79 Å². The Bertz CT molecular complexity index is 177. The van der Waals surface area contributed by atoms with E-state index >= 15 is 0 Å². The summed E-state index contributed by atoms with van der Waals surface area (Å²) in [6, 6.07) is 0. The molecule has 62 valence electrons. The van der Waals surface area contributed by atoms with Gasteiger partial charge >= 0.3 is 0 Å². The fourth-order valence-electron chi connectivity index (χ4n) is 1.21. The molecule has 0 fully saturated rings. The molecular weight excluding hydrogens is 140 g/mol. The van der Waals surface area contributed by atoms with Gasteiger partial charge in [-0.2, -0.15) is 0 Å². The summed E-state index contributed by atoms with van der Waals surface area (Å²) in [4.78, 5) is 12.7. The van der Waals surface area contributed by atoms with Crippen LogP contribution in [0.25, 0.3) is 0 Å². The molecule has 0 spiro atoms. The van der Waals surface area contributed by atoms with E-state index in [0.717, 1.165) is 6.54 Å². The molecule has 1 heterocycles. The van der Waals surface area contributed by atoms with E-state index in [0.29, 0.717) is 6.54 Å². The minimum absolute atomic E-state index is 0.203. The first-order valence-electron chi connectivity index (χ1n) is 3.80. The number of rotatable bonds is 3. The number of nitrogens with one attached hydrogen (secondary N) is 1. The van der Waals surface area contributed by atoms with Crippen LogP contribution in [0.5, 0.6) is 0 Å². The lowest BCUT2D eigenvalue weighted by Gasteiger charge is -2.21. The van der Waals surface area contributed by atoms with Crippen molar-refractivity contribution in [3.63, 3.8) is 0 Å². The van der Waals surface area contributed by atoms with Gasteiger partial charge in [0.15, 0.2) is 0 Å². The Morgan fingerprint density at radius 1 is 1.82 bits per heavy atom. The van der Waals surface area contributed by atoms with Crippen molar-refractivity contribution in [3.05, 3.63) is 12.2 Å². The lowest BCUT2D eigenvalue weighted by molar-refractivity contribution is -0.118. The van der Waals surface area contributed by atoms with Gasteiger partial charge in [0.2, 0.25) is 0 Å². The molecule has 0 radical (unpaired) electrons. The van der Waals surface area contributed by atoms with Gasteiger partial charge in [0, 0.05) is 6.54 Å². The zero-order chi connectivity index (χ0) is 8.27. The van der Waals surface area contributed by atoms with Crippen molar-refractivity contribution < 1.29 is 4.79 Å². The summed E-state index contributed by atoms with van der Waals surface area (Å²) in [5.41, 5.74) is 0. The molecule has 3 nitrogen and oxygen atoms in total. The van der Waals surface area contributed by atoms with Crippen LogP contribution in [0.2, 0.25) is 0 Å². The molecule has 1 N–H and O–H groups in total. The fraction of sp³-hybridized carbons (Fsp3) is 0.625. The second-order valence-corrected chi connectivity index (χ2v) is 2.90. The molecule has 0 aliphatic carbocycles. The Morgan fingerprint density at radius 3 is 3.00 bits per heavy atom. The summed E-state index contributed by atoms with van der Waals surface area (Å²) >= 11 is 0. The highest BCUT2D eigenvalue weighted by Crippen LogP contribution is 1.99. The highest BCUT2D eigenvalue weighted by molar-refractivity contribution is 5.77. The van der Waals surface area contributed by atoms with Crippen LogP contribution in [0, 0.1) is 0 Å². The first kappa shape index (κ1) is 8.43. The summed E-state index contributed by atoms with van der Waals surface area (Å²) in [6.45, 7) is 3.03. The smallest absolute Gasteiger partial charge is 0.143 e. The molecule has 3 heteroatoms. The molecule has 0 aromatic rings. The van der Waals surface area contributed by atoms with Gasteiger partial charge in [-0.05, 0) is 14.0 Å².